The smallest absolute Gasteiger partial charge is 0.269 e. The summed E-state index contributed by atoms with van der Waals surface area (Å²) in [6.45, 7) is 1.34. The summed E-state index contributed by atoms with van der Waals surface area (Å²) in [5.74, 6) is -0.284. The van der Waals surface area contributed by atoms with E-state index in [9.17, 15) is 14.9 Å². The van der Waals surface area contributed by atoms with Gasteiger partial charge in [-0.1, -0.05) is 12.1 Å². The van der Waals surface area contributed by atoms with Gasteiger partial charge in [0, 0.05) is 25.1 Å². The van der Waals surface area contributed by atoms with Crippen LogP contribution in [0, 0.1) is 10.1 Å². The largest absolute Gasteiger partial charge is 0.370 e. The van der Waals surface area contributed by atoms with Crippen molar-refractivity contribution in [3.63, 3.8) is 0 Å². The molecule has 3 N–H and O–H groups in total. The Balaban J connectivity index is 2.25. The number of carbonyl (C=O) groups is 1. The van der Waals surface area contributed by atoms with E-state index < -0.39 is 4.92 Å². The molecule has 1 amide bonds. The number of hydrogen-bond donors (Lipinski definition) is 2. The van der Waals surface area contributed by atoms with Crippen molar-refractivity contribution < 1.29 is 9.72 Å². The fourth-order valence-corrected chi connectivity index (χ4v) is 1.56. The van der Waals surface area contributed by atoms with Gasteiger partial charge in [0.15, 0.2) is 0 Å². The zero-order valence-electron chi connectivity index (χ0n) is 10.1. The molecule has 1 rings (SSSR count). The number of carbonyl (C=O) groups excluding carboxylic acids is 1. The Morgan fingerprint density at radius 1 is 1.39 bits per heavy atom. The minimum atomic E-state index is -0.406. The number of amides is 1. The average Bonchev–Trinajstić information content (AvgIpc) is 2.33. The van der Waals surface area contributed by atoms with Gasteiger partial charge < -0.3 is 11.1 Å². The number of nitro benzene ring substituents is 1. The molecular formula is C12H17N3O3. The molecule has 1 aromatic rings. The SMILES string of the molecule is NC(=O)CCCCNCc1cccc([N+](=O)[O-])c1. The van der Waals surface area contributed by atoms with Crippen LogP contribution in [0.1, 0.15) is 24.8 Å². The van der Waals surface area contributed by atoms with Gasteiger partial charge in [0.2, 0.25) is 5.91 Å². The minimum absolute atomic E-state index is 0.100. The molecule has 0 heterocycles. The van der Waals surface area contributed by atoms with E-state index in [0.717, 1.165) is 24.9 Å². The third kappa shape index (κ3) is 5.40. The molecule has 0 saturated heterocycles. The predicted molar refractivity (Wildman–Crippen MR) is 67.8 cm³/mol. The number of hydrogen-bond acceptors (Lipinski definition) is 4. The molecule has 0 aromatic heterocycles. The lowest BCUT2D eigenvalue weighted by Crippen LogP contribution is -2.16. The van der Waals surface area contributed by atoms with Crippen LogP contribution in [-0.4, -0.2) is 17.4 Å². The monoisotopic (exact) mass is 251 g/mol. The van der Waals surface area contributed by atoms with E-state index in [-0.39, 0.29) is 11.6 Å². The summed E-state index contributed by atoms with van der Waals surface area (Å²) in [6, 6.07) is 6.53. The van der Waals surface area contributed by atoms with Crippen LogP contribution in [0.4, 0.5) is 5.69 Å². The summed E-state index contributed by atoms with van der Waals surface area (Å²) in [6.07, 6.45) is 2.02. The van der Waals surface area contributed by atoms with Crippen molar-refractivity contribution in [2.45, 2.75) is 25.8 Å². The Hall–Kier alpha value is -1.95. The van der Waals surface area contributed by atoms with E-state index >= 15 is 0 Å². The summed E-state index contributed by atoms with van der Waals surface area (Å²) in [7, 11) is 0. The van der Waals surface area contributed by atoms with Gasteiger partial charge in [0.1, 0.15) is 0 Å². The van der Waals surface area contributed by atoms with Crippen LogP contribution >= 0.6 is 0 Å². The molecule has 0 spiro atoms. The average molecular weight is 251 g/mol. The van der Waals surface area contributed by atoms with Crippen LogP contribution in [0.15, 0.2) is 24.3 Å². The first kappa shape index (κ1) is 14.1. The molecular weight excluding hydrogens is 234 g/mol. The molecule has 0 bridgehead atoms. The highest BCUT2D eigenvalue weighted by molar-refractivity contribution is 5.73. The molecule has 6 heteroatoms. The predicted octanol–water partition coefficient (Wildman–Crippen LogP) is 1.34. The van der Waals surface area contributed by atoms with Crippen molar-refractivity contribution >= 4 is 11.6 Å². The Morgan fingerprint density at radius 2 is 2.17 bits per heavy atom. The van der Waals surface area contributed by atoms with E-state index in [1.807, 2.05) is 6.07 Å². The van der Waals surface area contributed by atoms with Crippen molar-refractivity contribution in [2.75, 3.05) is 6.54 Å². The maximum atomic E-state index is 10.6. The topological polar surface area (TPSA) is 98.3 Å². The number of nitrogens with zero attached hydrogens (tertiary/aromatic N) is 1. The molecule has 0 unspecified atom stereocenters. The van der Waals surface area contributed by atoms with Gasteiger partial charge in [-0.2, -0.15) is 0 Å². The fraction of sp³-hybridized carbons (Fsp3) is 0.417. The minimum Gasteiger partial charge on any atom is -0.370 e. The first-order chi connectivity index (χ1) is 8.59. The molecule has 0 radical (unpaired) electrons. The fourth-order valence-electron chi connectivity index (χ4n) is 1.56. The second kappa shape index (κ2) is 7.39. The second-order valence-electron chi connectivity index (χ2n) is 4.03. The van der Waals surface area contributed by atoms with E-state index in [2.05, 4.69) is 5.32 Å². The first-order valence-corrected chi connectivity index (χ1v) is 5.82. The van der Waals surface area contributed by atoms with Crippen molar-refractivity contribution in [2.24, 2.45) is 5.73 Å². The molecule has 98 valence electrons. The van der Waals surface area contributed by atoms with Crippen molar-refractivity contribution in [3.05, 3.63) is 39.9 Å². The molecule has 0 atom stereocenters. The maximum Gasteiger partial charge on any atom is 0.269 e. The van der Waals surface area contributed by atoms with E-state index in [4.69, 9.17) is 5.73 Å². The van der Waals surface area contributed by atoms with Crippen LogP contribution in [0.25, 0.3) is 0 Å². The standard InChI is InChI=1S/C12H17N3O3/c13-12(16)6-1-2-7-14-9-10-4-3-5-11(8-10)15(17)18/h3-5,8,14H,1-2,6-7,9H2,(H2,13,16). The summed E-state index contributed by atoms with van der Waals surface area (Å²) in [4.78, 5) is 20.7. The summed E-state index contributed by atoms with van der Waals surface area (Å²) < 4.78 is 0. The number of benzene rings is 1. The number of primary amides is 1. The highest BCUT2D eigenvalue weighted by Crippen LogP contribution is 2.12. The molecule has 6 nitrogen and oxygen atoms in total. The second-order valence-corrected chi connectivity index (χ2v) is 4.03. The van der Waals surface area contributed by atoms with Gasteiger partial charge >= 0.3 is 0 Å². The molecule has 0 aliphatic rings. The zero-order chi connectivity index (χ0) is 13.4. The van der Waals surface area contributed by atoms with Gasteiger partial charge in [0.25, 0.3) is 5.69 Å². The van der Waals surface area contributed by atoms with Crippen molar-refractivity contribution in [1.29, 1.82) is 0 Å². The third-order valence-electron chi connectivity index (χ3n) is 2.48. The lowest BCUT2D eigenvalue weighted by atomic mass is 10.2. The Morgan fingerprint density at radius 3 is 2.83 bits per heavy atom. The molecule has 18 heavy (non-hydrogen) atoms. The van der Waals surface area contributed by atoms with Gasteiger partial charge in [-0.05, 0) is 24.9 Å². The van der Waals surface area contributed by atoms with E-state index in [1.54, 1.807) is 12.1 Å². The van der Waals surface area contributed by atoms with E-state index in [0.29, 0.717) is 13.0 Å². The molecule has 0 aliphatic carbocycles. The van der Waals surface area contributed by atoms with Crippen molar-refractivity contribution in [1.82, 2.24) is 5.32 Å². The lowest BCUT2D eigenvalue weighted by molar-refractivity contribution is -0.384. The van der Waals surface area contributed by atoms with Crippen molar-refractivity contribution in [3.8, 4) is 0 Å². The number of nitrogens with one attached hydrogen (secondary N) is 1. The Labute approximate surface area is 105 Å². The van der Waals surface area contributed by atoms with Crippen LogP contribution in [0.2, 0.25) is 0 Å². The molecule has 0 fully saturated rings. The highest BCUT2D eigenvalue weighted by Gasteiger charge is 2.04. The highest BCUT2D eigenvalue weighted by atomic mass is 16.6. The van der Waals surface area contributed by atoms with Crippen LogP contribution in [0.5, 0.6) is 0 Å². The van der Waals surface area contributed by atoms with Gasteiger partial charge in [-0.3, -0.25) is 14.9 Å². The normalized spacial score (nSPS) is 10.2. The number of nitro groups is 1. The number of nitrogens with two attached hydrogens (primary N) is 1. The zero-order valence-corrected chi connectivity index (χ0v) is 10.1. The van der Waals surface area contributed by atoms with Gasteiger partial charge in [-0.15, -0.1) is 0 Å². The Kier molecular flexibility index (Phi) is 5.79. The third-order valence-corrected chi connectivity index (χ3v) is 2.48. The first-order valence-electron chi connectivity index (χ1n) is 5.82. The summed E-state index contributed by atoms with van der Waals surface area (Å²) >= 11 is 0. The molecule has 0 aliphatic heterocycles. The van der Waals surface area contributed by atoms with Crippen LogP contribution in [-0.2, 0) is 11.3 Å². The van der Waals surface area contributed by atoms with E-state index in [1.165, 1.54) is 6.07 Å². The maximum absolute atomic E-state index is 10.6. The number of unbranched alkanes of at least 4 members (excludes halogenated alkanes) is 1. The van der Waals surface area contributed by atoms with Gasteiger partial charge in [0.05, 0.1) is 4.92 Å². The quantitative estimate of drug-likeness (QED) is 0.414. The summed E-state index contributed by atoms with van der Waals surface area (Å²) in [5, 5.41) is 13.7. The number of rotatable bonds is 8. The van der Waals surface area contributed by atoms with Crippen LogP contribution < -0.4 is 11.1 Å². The molecule has 1 aromatic carbocycles. The Bertz CT molecular complexity index is 421. The number of non-ortho nitro benzene ring substituents is 1. The lowest BCUT2D eigenvalue weighted by Gasteiger charge is -2.04. The molecule has 0 saturated carbocycles. The summed E-state index contributed by atoms with van der Waals surface area (Å²) in [5.41, 5.74) is 5.99. The van der Waals surface area contributed by atoms with Crippen LogP contribution in [0.3, 0.4) is 0 Å². The van der Waals surface area contributed by atoms with Gasteiger partial charge in [-0.25, -0.2) is 0 Å².